The number of amides is 1. The van der Waals surface area contributed by atoms with Gasteiger partial charge in [0.2, 0.25) is 5.91 Å². The molecule has 1 N–H and O–H groups in total. The highest BCUT2D eigenvalue weighted by atomic mass is 32.1. The van der Waals surface area contributed by atoms with E-state index in [1.807, 2.05) is 13.8 Å². The topological polar surface area (TPSA) is 95.3 Å². The first-order chi connectivity index (χ1) is 12.9. The Kier molecular flexibility index (Phi) is 5.13. The van der Waals surface area contributed by atoms with Crippen molar-refractivity contribution in [3.63, 3.8) is 0 Å². The normalized spacial score (nSPS) is 12.0. The van der Waals surface area contributed by atoms with E-state index in [0.717, 1.165) is 15.1 Å². The maximum Gasteiger partial charge on any atom is 0.279 e. The number of ether oxygens (including phenoxy) is 2. The quantitative estimate of drug-likeness (QED) is 0.722. The standard InChI is InChI=1S/C18H20N4O4S/c1-9-11(3)27-17-15(9)18(24)22(21-20-17)10(2)16(23)19-13-8-12(25-4)6-7-14(13)26-5/h6-8,10H,1-5H3,(H,19,23). The summed E-state index contributed by atoms with van der Waals surface area (Å²) in [6.07, 6.45) is 0. The molecule has 8 nitrogen and oxygen atoms in total. The third kappa shape index (κ3) is 3.37. The number of nitrogens with zero attached hydrogens (tertiary/aromatic N) is 3. The Morgan fingerprint density at radius 2 is 2.00 bits per heavy atom. The lowest BCUT2D eigenvalue weighted by atomic mass is 10.2. The fourth-order valence-corrected chi connectivity index (χ4v) is 3.65. The lowest BCUT2D eigenvalue weighted by Gasteiger charge is -2.16. The van der Waals surface area contributed by atoms with Gasteiger partial charge in [-0.3, -0.25) is 9.59 Å². The van der Waals surface area contributed by atoms with Crippen molar-refractivity contribution >= 4 is 33.1 Å². The predicted molar refractivity (Wildman–Crippen MR) is 104 cm³/mol. The molecule has 0 aliphatic carbocycles. The van der Waals surface area contributed by atoms with E-state index < -0.39 is 11.9 Å². The molecule has 3 aromatic rings. The summed E-state index contributed by atoms with van der Waals surface area (Å²) in [6.45, 7) is 5.39. The van der Waals surface area contributed by atoms with Crippen molar-refractivity contribution in [2.24, 2.45) is 0 Å². The number of benzene rings is 1. The zero-order valence-corrected chi connectivity index (χ0v) is 16.5. The van der Waals surface area contributed by atoms with Crippen LogP contribution in [0.4, 0.5) is 5.69 Å². The van der Waals surface area contributed by atoms with Crippen LogP contribution in [0.1, 0.15) is 23.4 Å². The lowest BCUT2D eigenvalue weighted by Crippen LogP contribution is -2.34. The molecule has 1 atom stereocenters. The van der Waals surface area contributed by atoms with Crippen LogP contribution < -0.4 is 20.3 Å². The number of thiophene rings is 1. The van der Waals surface area contributed by atoms with Gasteiger partial charge in [-0.2, -0.15) is 4.68 Å². The summed E-state index contributed by atoms with van der Waals surface area (Å²) >= 11 is 1.42. The summed E-state index contributed by atoms with van der Waals surface area (Å²) < 4.78 is 11.5. The molecule has 1 aromatic carbocycles. The molecule has 0 aliphatic rings. The smallest absolute Gasteiger partial charge is 0.279 e. The molecule has 0 saturated heterocycles. The molecular formula is C18H20N4O4S. The van der Waals surface area contributed by atoms with Gasteiger partial charge in [-0.1, -0.05) is 5.21 Å². The summed E-state index contributed by atoms with van der Waals surface area (Å²) in [7, 11) is 3.04. The van der Waals surface area contributed by atoms with Gasteiger partial charge in [-0.15, -0.1) is 16.4 Å². The molecule has 27 heavy (non-hydrogen) atoms. The highest BCUT2D eigenvalue weighted by Gasteiger charge is 2.22. The number of carbonyl (C=O) groups is 1. The Labute approximate surface area is 159 Å². The molecule has 0 bridgehead atoms. The van der Waals surface area contributed by atoms with Gasteiger partial charge in [-0.25, -0.2) is 0 Å². The number of hydrogen-bond donors (Lipinski definition) is 1. The predicted octanol–water partition coefficient (Wildman–Crippen LogP) is 2.69. The van der Waals surface area contributed by atoms with Crippen LogP contribution in [0.15, 0.2) is 23.0 Å². The van der Waals surface area contributed by atoms with E-state index in [0.29, 0.717) is 27.4 Å². The number of aryl methyl sites for hydroxylation is 2. The van der Waals surface area contributed by atoms with Crippen LogP contribution in [0.2, 0.25) is 0 Å². The maximum atomic E-state index is 12.8. The van der Waals surface area contributed by atoms with E-state index in [1.54, 1.807) is 25.1 Å². The second-order valence-electron chi connectivity index (χ2n) is 6.03. The van der Waals surface area contributed by atoms with Crippen molar-refractivity contribution in [1.82, 2.24) is 15.0 Å². The van der Waals surface area contributed by atoms with Crippen LogP contribution in [0.25, 0.3) is 10.2 Å². The summed E-state index contributed by atoms with van der Waals surface area (Å²) in [4.78, 5) is 27.1. The van der Waals surface area contributed by atoms with E-state index in [-0.39, 0.29) is 5.56 Å². The van der Waals surface area contributed by atoms with E-state index in [1.165, 1.54) is 25.6 Å². The van der Waals surface area contributed by atoms with Gasteiger partial charge in [0.15, 0.2) is 4.83 Å². The largest absolute Gasteiger partial charge is 0.497 e. The van der Waals surface area contributed by atoms with E-state index in [2.05, 4.69) is 15.6 Å². The van der Waals surface area contributed by atoms with Gasteiger partial charge in [0.25, 0.3) is 5.56 Å². The van der Waals surface area contributed by atoms with Gasteiger partial charge in [0, 0.05) is 10.9 Å². The highest BCUT2D eigenvalue weighted by molar-refractivity contribution is 7.18. The minimum atomic E-state index is -0.857. The first kappa shape index (κ1) is 18.8. The summed E-state index contributed by atoms with van der Waals surface area (Å²) in [5.74, 6) is 0.637. The Bertz CT molecular complexity index is 1070. The van der Waals surface area contributed by atoms with Crippen molar-refractivity contribution in [3.8, 4) is 11.5 Å². The number of anilines is 1. The number of carbonyl (C=O) groups excluding carboxylic acids is 1. The van der Waals surface area contributed by atoms with E-state index in [4.69, 9.17) is 9.47 Å². The molecule has 0 spiro atoms. The minimum Gasteiger partial charge on any atom is -0.497 e. The number of nitrogens with one attached hydrogen (secondary N) is 1. The van der Waals surface area contributed by atoms with Crippen molar-refractivity contribution in [3.05, 3.63) is 39.0 Å². The van der Waals surface area contributed by atoms with Gasteiger partial charge in [0.1, 0.15) is 17.5 Å². The molecule has 142 valence electrons. The van der Waals surface area contributed by atoms with Crippen LogP contribution >= 0.6 is 11.3 Å². The average molecular weight is 388 g/mol. The zero-order chi connectivity index (χ0) is 19.7. The molecule has 3 rings (SSSR count). The molecule has 1 amide bonds. The Morgan fingerprint density at radius 3 is 2.67 bits per heavy atom. The number of fused-ring (bicyclic) bond motifs is 1. The second kappa shape index (κ2) is 7.36. The van der Waals surface area contributed by atoms with Crippen molar-refractivity contribution < 1.29 is 14.3 Å². The summed E-state index contributed by atoms with van der Waals surface area (Å²) in [6, 6.07) is 4.20. The molecule has 0 aliphatic heterocycles. The summed E-state index contributed by atoms with van der Waals surface area (Å²) in [5, 5.41) is 11.3. The molecule has 0 saturated carbocycles. The number of methoxy groups -OCH3 is 2. The van der Waals surface area contributed by atoms with Crippen LogP contribution in [0, 0.1) is 13.8 Å². The third-order valence-corrected chi connectivity index (χ3v) is 5.52. The second-order valence-corrected chi connectivity index (χ2v) is 7.24. The fourth-order valence-electron chi connectivity index (χ4n) is 2.69. The van der Waals surface area contributed by atoms with E-state index >= 15 is 0 Å². The van der Waals surface area contributed by atoms with E-state index in [9.17, 15) is 9.59 Å². The molecule has 1 unspecified atom stereocenters. The van der Waals surface area contributed by atoms with Crippen LogP contribution in [0.5, 0.6) is 11.5 Å². The van der Waals surface area contributed by atoms with Crippen LogP contribution in [-0.2, 0) is 4.79 Å². The number of aromatic nitrogens is 3. The molecule has 2 heterocycles. The third-order valence-electron chi connectivity index (χ3n) is 4.43. The number of hydrogen-bond acceptors (Lipinski definition) is 7. The first-order valence-corrected chi connectivity index (χ1v) is 9.07. The maximum absolute atomic E-state index is 12.8. The van der Waals surface area contributed by atoms with Gasteiger partial charge in [-0.05, 0) is 38.5 Å². The zero-order valence-electron chi connectivity index (χ0n) is 15.7. The van der Waals surface area contributed by atoms with Crippen molar-refractivity contribution in [2.75, 3.05) is 19.5 Å². The molecule has 0 fully saturated rings. The van der Waals surface area contributed by atoms with Gasteiger partial charge >= 0.3 is 0 Å². The summed E-state index contributed by atoms with van der Waals surface area (Å²) in [5.41, 5.74) is 0.978. The molecular weight excluding hydrogens is 368 g/mol. The first-order valence-electron chi connectivity index (χ1n) is 8.25. The average Bonchev–Trinajstić information content (AvgIpc) is 2.96. The molecule has 0 radical (unpaired) electrons. The van der Waals surface area contributed by atoms with Crippen LogP contribution in [-0.4, -0.2) is 35.1 Å². The Morgan fingerprint density at radius 1 is 1.26 bits per heavy atom. The molecule has 2 aromatic heterocycles. The highest BCUT2D eigenvalue weighted by Crippen LogP contribution is 2.29. The Hall–Kier alpha value is -2.94. The molecule has 9 heteroatoms. The number of rotatable bonds is 5. The van der Waals surface area contributed by atoms with Crippen molar-refractivity contribution in [1.29, 1.82) is 0 Å². The van der Waals surface area contributed by atoms with Crippen molar-refractivity contribution in [2.45, 2.75) is 26.8 Å². The lowest BCUT2D eigenvalue weighted by molar-refractivity contribution is -0.119. The van der Waals surface area contributed by atoms with Gasteiger partial charge < -0.3 is 14.8 Å². The van der Waals surface area contributed by atoms with Crippen LogP contribution in [0.3, 0.4) is 0 Å². The Balaban J connectivity index is 1.95. The van der Waals surface area contributed by atoms with Gasteiger partial charge in [0.05, 0.1) is 25.3 Å². The minimum absolute atomic E-state index is 0.331. The monoisotopic (exact) mass is 388 g/mol. The fraction of sp³-hybridized carbons (Fsp3) is 0.333. The SMILES string of the molecule is COc1ccc(OC)c(NC(=O)C(C)n2nnc3sc(C)c(C)c3c2=O)c1.